The molecular formula is C12H22N2O2. The van der Waals surface area contributed by atoms with Gasteiger partial charge in [0, 0.05) is 6.54 Å². The smallest absolute Gasteiger partial charge is 0.224 e. The van der Waals surface area contributed by atoms with E-state index in [1.165, 1.54) is 6.42 Å². The van der Waals surface area contributed by atoms with Crippen molar-refractivity contribution in [2.24, 2.45) is 5.92 Å². The van der Waals surface area contributed by atoms with Crippen molar-refractivity contribution in [2.45, 2.75) is 50.7 Å². The maximum atomic E-state index is 11.9. The maximum Gasteiger partial charge on any atom is 0.224 e. The van der Waals surface area contributed by atoms with Gasteiger partial charge in [-0.1, -0.05) is 19.3 Å². The van der Waals surface area contributed by atoms with Gasteiger partial charge in [-0.15, -0.1) is 0 Å². The Labute approximate surface area is 96.8 Å². The first-order chi connectivity index (χ1) is 7.77. The maximum absolute atomic E-state index is 11.9. The fourth-order valence-corrected chi connectivity index (χ4v) is 2.64. The van der Waals surface area contributed by atoms with Gasteiger partial charge >= 0.3 is 0 Å². The summed E-state index contributed by atoms with van der Waals surface area (Å²) in [6.45, 7) is 1.72. The van der Waals surface area contributed by atoms with Gasteiger partial charge < -0.3 is 15.7 Å². The Bertz CT molecular complexity index is 239. The first kappa shape index (κ1) is 11.9. The van der Waals surface area contributed by atoms with Crippen LogP contribution in [-0.4, -0.2) is 36.2 Å². The average molecular weight is 226 g/mol. The molecule has 0 spiro atoms. The van der Waals surface area contributed by atoms with Crippen LogP contribution in [0.25, 0.3) is 0 Å². The second-order valence-corrected chi connectivity index (χ2v) is 5.01. The van der Waals surface area contributed by atoms with E-state index in [4.69, 9.17) is 0 Å². The van der Waals surface area contributed by atoms with E-state index in [0.717, 1.165) is 45.2 Å². The number of nitrogens with one attached hydrogen (secondary N) is 2. The van der Waals surface area contributed by atoms with E-state index in [2.05, 4.69) is 10.6 Å². The molecule has 16 heavy (non-hydrogen) atoms. The van der Waals surface area contributed by atoms with E-state index in [9.17, 15) is 9.90 Å². The van der Waals surface area contributed by atoms with Crippen LogP contribution in [0.3, 0.4) is 0 Å². The van der Waals surface area contributed by atoms with Crippen molar-refractivity contribution >= 4 is 5.91 Å². The fourth-order valence-electron chi connectivity index (χ4n) is 2.64. The summed E-state index contributed by atoms with van der Waals surface area (Å²) in [4.78, 5) is 11.9. The molecule has 1 amide bonds. The molecule has 1 saturated carbocycles. The number of aliphatic hydroxyl groups excluding tert-OH is 1. The van der Waals surface area contributed by atoms with Crippen LogP contribution in [0, 0.1) is 5.92 Å². The van der Waals surface area contributed by atoms with Crippen LogP contribution in [0.4, 0.5) is 0 Å². The molecule has 92 valence electrons. The van der Waals surface area contributed by atoms with Gasteiger partial charge in [-0.05, 0) is 25.8 Å². The number of amides is 1. The highest BCUT2D eigenvalue weighted by molar-refractivity contribution is 5.79. The zero-order valence-corrected chi connectivity index (χ0v) is 9.74. The van der Waals surface area contributed by atoms with Crippen LogP contribution in [0.1, 0.15) is 38.5 Å². The minimum Gasteiger partial charge on any atom is -0.391 e. The Balaban J connectivity index is 1.84. The summed E-state index contributed by atoms with van der Waals surface area (Å²) in [6.07, 6.45) is 5.70. The lowest BCUT2D eigenvalue weighted by molar-refractivity contribution is -0.126. The topological polar surface area (TPSA) is 61.4 Å². The van der Waals surface area contributed by atoms with Crippen LogP contribution in [0.5, 0.6) is 0 Å². The highest BCUT2D eigenvalue weighted by atomic mass is 16.3. The molecule has 4 heteroatoms. The summed E-state index contributed by atoms with van der Waals surface area (Å²) >= 11 is 0. The lowest BCUT2D eigenvalue weighted by Crippen LogP contribution is -2.45. The van der Waals surface area contributed by atoms with Crippen LogP contribution >= 0.6 is 0 Å². The molecule has 2 rings (SSSR count). The first-order valence-electron chi connectivity index (χ1n) is 6.46. The average Bonchev–Trinajstić information content (AvgIpc) is 2.73. The molecule has 1 aliphatic carbocycles. The van der Waals surface area contributed by atoms with Crippen molar-refractivity contribution in [3.05, 3.63) is 0 Å². The summed E-state index contributed by atoms with van der Waals surface area (Å²) in [5.74, 6) is 0.228. The normalized spacial score (nSPS) is 35.7. The molecule has 1 aliphatic heterocycles. The first-order valence-corrected chi connectivity index (χ1v) is 6.46. The molecule has 0 radical (unpaired) electrons. The summed E-state index contributed by atoms with van der Waals surface area (Å²) in [5.41, 5.74) is 0. The lowest BCUT2D eigenvalue weighted by Gasteiger charge is -2.23. The van der Waals surface area contributed by atoms with Gasteiger partial charge in [0.1, 0.15) is 0 Å². The van der Waals surface area contributed by atoms with Crippen molar-refractivity contribution in [1.29, 1.82) is 0 Å². The Morgan fingerprint density at radius 3 is 2.75 bits per heavy atom. The predicted octanol–water partition coefficient (Wildman–Crippen LogP) is 0.406. The Morgan fingerprint density at radius 1 is 1.19 bits per heavy atom. The molecule has 0 aromatic rings. The Morgan fingerprint density at radius 2 is 2.00 bits per heavy atom. The third kappa shape index (κ3) is 2.95. The van der Waals surface area contributed by atoms with Crippen molar-refractivity contribution in [3.63, 3.8) is 0 Å². The van der Waals surface area contributed by atoms with Crippen molar-refractivity contribution in [3.8, 4) is 0 Å². The fraction of sp³-hybridized carbons (Fsp3) is 0.917. The van der Waals surface area contributed by atoms with E-state index < -0.39 is 0 Å². The SMILES string of the molecule is O=C(NC1CCCCCC1O)C1CCNC1. The monoisotopic (exact) mass is 226 g/mol. The Kier molecular flexibility index (Phi) is 4.18. The highest BCUT2D eigenvalue weighted by Gasteiger charge is 2.28. The molecule has 3 unspecified atom stereocenters. The van der Waals surface area contributed by atoms with Gasteiger partial charge in [0.15, 0.2) is 0 Å². The molecular weight excluding hydrogens is 204 g/mol. The van der Waals surface area contributed by atoms with Gasteiger partial charge in [0.05, 0.1) is 18.1 Å². The van der Waals surface area contributed by atoms with Gasteiger partial charge in [-0.2, -0.15) is 0 Å². The quantitative estimate of drug-likeness (QED) is 0.598. The standard InChI is InChI=1S/C12H22N2O2/c15-11-5-3-1-2-4-10(11)14-12(16)9-6-7-13-8-9/h9-11,13,15H,1-8H2,(H,14,16). The number of aliphatic hydroxyl groups is 1. The van der Waals surface area contributed by atoms with Crippen LogP contribution in [-0.2, 0) is 4.79 Å². The summed E-state index contributed by atoms with van der Waals surface area (Å²) < 4.78 is 0. The third-order valence-electron chi connectivity index (χ3n) is 3.74. The van der Waals surface area contributed by atoms with Crippen molar-refractivity contribution in [1.82, 2.24) is 10.6 Å². The summed E-state index contributed by atoms with van der Waals surface area (Å²) in [5, 5.41) is 16.1. The van der Waals surface area contributed by atoms with Crippen LogP contribution < -0.4 is 10.6 Å². The van der Waals surface area contributed by atoms with Crippen molar-refractivity contribution in [2.75, 3.05) is 13.1 Å². The molecule has 1 heterocycles. The number of carbonyl (C=O) groups excluding carboxylic acids is 1. The molecule has 1 saturated heterocycles. The van der Waals surface area contributed by atoms with Crippen LogP contribution in [0.2, 0.25) is 0 Å². The lowest BCUT2D eigenvalue weighted by atomic mass is 10.0. The van der Waals surface area contributed by atoms with Gasteiger partial charge in [0.2, 0.25) is 5.91 Å². The zero-order chi connectivity index (χ0) is 11.4. The second-order valence-electron chi connectivity index (χ2n) is 5.01. The van der Waals surface area contributed by atoms with Crippen LogP contribution in [0.15, 0.2) is 0 Å². The van der Waals surface area contributed by atoms with E-state index in [1.807, 2.05) is 0 Å². The molecule has 2 fully saturated rings. The molecule has 4 nitrogen and oxygen atoms in total. The summed E-state index contributed by atoms with van der Waals surface area (Å²) in [6, 6.07) is -0.0180. The van der Waals surface area contributed by atoms with Gasteiger partial charge in [0.25, 0.3) is 0 Å². The molecule has 0 bridgehead atoms. The number of carbonyl (C=O) groups is 1. The molecule has 0 aromatic carbocycles. The molecule has 3 atom stereocenters. The number of hydrogen-bond donors (Lipinski definition) is 3. The highest BCUT2D eigenvalue weighted by Crippen LogP contribution is 2.19. The number of hydrogen-bond acceptors (Lipinski definition) is 3. The van der Waals surface area contributed by atoms with Gasteiger partial charge in [-0.3, -0.25) is 4.79 Å². The molecule has 0 aromatic heterocycles. The van der Waals surface area contributed by atoms with Crippen molar-refractivity contribution < 1.29 is 9.90 Å². The minimum absolute atomic E-state index is 0.0180. The largest absolute Gasteiger partial charge is 0.391 e. The Hall–Kier alpha value is -0.610. The van der Waals surface area contributed by atoms with E-state index in [0.29, 0.717) is 0 Å². The van der Waals surface area contributed by atoms with E-state index in [-0.39, 0.29) is 24.0 Å². The van der Waals surface area contributed by atoms with E-state index in [1.54, 1.807) is 0 Å². The third-order valence-corrected chi connectivity index (χ3v) is 3.74. The zero-order valence-electron chi connectivity index (χ0n) is 9.74. The minimum atomic E-state index is -0.346. The summed E-state index contributed by atoms with van der Waals surface area (Å²) in [7, 11) is 0. The molecule has 2 aliphatic rings. The van der Waals surface area contributed by atoms with E-state index >= 15 is 0 Å². The van der Waals surface area contributed by atoms with Gasteiger partial charge in [-0.25, -0.2) is 0 Å². The molecule has 3 N–H and O–H groups in total. The second kappa shape index (κ2) is 5.64. The predicted molar refractivity (Wildman–Crippen MR) is 62.0 cm³/mol. The number of rotatable bonds is 2.